The molecular formula is C9H19ClN2O. The van der Waals surface area contributed by atoms with Crippen molar-refractivity contribution in [1.29, 1.82) is 0 Å². The molecule has 1 fully saturated rings. The van der Waals surface area contributed by atoms with Crippen molar-refractivity contribution in [2.24, 2.45) is 0 Å². The van der Waals surface area contributed by atoms with Crippen molar-refractivity contribution in [3.63, 3.8) is 0 Å². The molecule has 1 aliphatic rings. The minimum Gasteiger partial charge on any atom is -0.350 e. The fraction of sp³-hybridized carbons (Fsp3) is 0.889. The first-order valence-corrected chi connectivity index (χ1v) is 4.54. The molecule has 1 saturated heterocycles. The Kier molecular flexibility index (Phi) is 4.71. The fourth-order valence-corrected chi connectivity index (χ4v) is 1.37. The zero-order chi connectivity index (χ0) is 9.19. The Morgan fingerprint density at radius 1 is 1.46 bits per heavy atom. The molecule has 0 saturated carbocycles. The van der Waals surface area contributed by atoms with Crippen LogP contribution in [0.15, 0.2) is 0 Å². The summed E-state index contributed by atoms with van der Waals surface area (Å²) < 4.78 is 0. The molecule has 1 heterocycles. The van der Waals surface area contributed by atoms with E-state index in [1.807, 2.05) is 20.8 Å². The Bertz CT molecular complexity index is 171. The highest BCUT2D eigenvalue weighted by Crippen LogP contribution is 2.07. The van der Waals surface area contributed by atoms with Gasteiger partial charge in [-0.3, -0.25) is 4.79 Å². The lowest BCUT2D eigenvalue weighted by Gasteiger charge is -2.22. The van der Waals surface area contributed by atoms with Gasteiger partial charge in [0, 0.05) is 5.54 Å². The highest BCUT2D eigenvalue weighted by atomic mass is 35.5. The largest absolute Gasteiger partial charge is 0.350 e. The molecule has 0 aromatic rings. The number of hydrogen-bond acceptors (Lipinski definition) is 2. The van der Waals surface area contributed by atoms with Crippen molar-refractivity contribution < 1.29 is 4.79 Å². The lowest BCUT2D eigenvalue weighted by atomic mass is 10.1. The molecule has 0 spiro atoms. The summed E-state index contributed by atoms with van der Waals surface area (Å²) in [5.74, 6) is 0.139. The first-order valence-electron chi connectivity index (χ1n) is 4.54. The number of halogens is 1. The van der Waals surface area contributed by atoms with E-state index < -0.39 is 0 Å². The summed E-state index contributed by atoms with van der Waals surface area (Å²) in [6.07, 6.45) is 2.09. The van der Waals surface area contributed by atoms with Crippen LogP contribution in [0.3, 0.4) is 0 Å². The van der Waals surface area contributed by atoms with Crippen LogP contribution in [0.2, 0.25) is 0 Å². The molecule has 2 N–H and O–H groups in total. The van der Waals surface area contributed by atoms with Crippen LogP contribution in [0.1, 0.15) is 33.6 Å². The van der Waals surface area contributed by atoms with Crippen molar-refractivity contribution in [3.8, 4) is 0 Å². The van der Waals surface area contributed by atoms with Crippen LogP contribution in [-0.4, -0.2) is 24.0 Å². The zero-order valence-electron chi connectivity index (χ0n) is 8.52. The van der Waals surface area contributed by atoms with E-state index >= 15 is 0 Å². The van der Waals surface area contributed by atoms with Crippen LogP contribution in [0.5, 0.6) is 0 Å². The normalized spacial score (nSPS) is 22.2. The molecule has 4 heteroatoms. The van der Waals surface area contributed by atoms with Crippen molar-refractivity contribution >= 4 is 18.3 Å². The van der Waals surface area contributed by atoms with Gasteiger partial charge < -0.3 is 10.6 Å². The van der Waals surface area contributed by atoms with E-state index in [1.54, 1.807) is 0 Å². The maximum atomic E-state index is 11.5. The second-order valence-corrected chi connectivity index (χ2v) is 4.39. The molecule has 0 aromatic carbocycles. The van der Waals surface area contributed by atoms with Crippen LogP contribution < -0.4 is 10.6 Å². The number of carbonyl (C=O) groups excluding carboxylic acids is 1. The van der Waals surface area contributed by atoms with Crippen LogP contribution in [-0.2, 0) is 4.79 Å². The Labute approximate surface area is 86.1 Å². The third kappa shape index (κ3) is 4.48. The molecule has 1 aliphatic heterocycles. The smallest absolute Gasteiger partial charge is 0.237 e. The van der Waals surface area contributed by atoms with E-state index in [-0.39, 0.29) is 29.9 Å². The van der Waals surface area contributed by atoms with E-state index in [0.29, 0.717) is 0 Å². The monoisotopic (exact) mass is 206 g/mol. The summed E-state index contributed by atoms with van der Waals surface area (Å²) in [6, 6.07) is 0.0456. The van der Waals surface area contributed by atoms with Gasteiger partial charge in [-0.25, -0.2) is 0 Å². The molecule has 13 heavy (non-hydrogen) atoms. The van der Waals surface area contributed by atoms with Crippen LogP contribution >= 0.6 is 12.4 Å². The predicted octanol–water partition coefficient (Wildman–Crippen LogP) is 1.07. The molecule has 78 valence electrons. The maximum Gasteiger partial charge on any atom is 0.237 e. The minimum atomic E-state index is -0.110. The van der Waals surface area contributed by atoms with E-state index in [0.717, 1.165) is 19.4 Å². The second-order valence-electron chi connectivity index (χ2n) is 4.39. The maximum absolute atomic E-state index is 11.5. The summed E-state index contributed by atoms with van der Waals surface area (Å²) in [5, 5.41) is 6.13. The summed E-state index contributed by atoms with van der Waals surface area (Å²) in [6.45, 7) is 6.97. The summed E-state index contributed by atoms with van der Waals surface area (Å²) in [7, 11) is 0. The van der Waals surface area contributed by atoms with Gasteiger partial charge >= 0.3 is 0 Å². The van der Waals surface area contributed by atoms with Gasteiger partial charge in [0.05, 0.1) is 6.04 Å². The van der Waals surface area contributed by atoms with Crippen LogP contribution in [0, 0.1) is 0 Å². The molecule has 0 aliphatic carbocycles. The molecule has 0 radical (unpaired) electrons. The number of rotatable bonds is 1. The van der Waals surface area contributed by atoms with Gasteiger partial charge in [0.2, 0.25) is 5.91 Å². The topological polar surface area (TPSA) is 41.1 Å². The third-order valence-corrected chi connectivity index (χ3v) is 1.88. The summed E-state index contributed by atoms with van der Waals surface area (Å²) >= 11 is 0. The lowest BCUT2D eigenvalue weighted by Crippen LogP contribution is -2.48. The van der Waals surface area contributed by atoms with Crippen molar-refractivity contribution in [3.05, 3.63) is 0 Å². The first-order chi connectivity index (χ1) is 5.49. The van der Waals surface area contributed by atoms with E-state index in [4.69, 9.17) is 0 Å². The van der Waals surface area contributed by atoms with Crippen molar-refractivity contribution in [2.75, 3.05) is 6.54 Å². The molecular weight excluding hydrogens is 188 g/mol. The molecule has 1 unspecified atom stereocenters. The number of nitrogens with one attached hydrogen (secondary N) is 2. The molecule has 0 aromatic heterocycles. The highest BCUT2D eigenvalue weighted by Gasteiger charge is 2.24. The van der Waals surface area contributed by atoms with Gasteiger partial charge in [-0.2, -0.15) is 0 Å². The molecule has 0 bridgehead atoms. The minimum absolute atomic E-state index is 0. The van der Waals surface area contributed by atoms with Gasteiger partial charge in [0.15, 0.2) is 0 Å². The number of hydrogen-bond donors (Lipinski definition) is 2. The molecule has 1 rings (SSSR count). The quantitative estimate of drug-likeness (QED) is 0.674. The average Bonchev–Trinajstić information content (AvgIpc) is 2.32. The third-order valence-electron chi connectivity index (χ3n) is 1.88. The molecule has 3 nitrogen and oxygen atoms in total. The van der Waals surface area contributed by atoms with Crippen molar-refractivity contribution in [1.82, 2.24) is 10.6 Å². The summed E-state index contributed by atoms with van der Waals surface area (Å²) in [4.78, 5) is 11.5. The SMILES string of the molecule is CC(C)(C)NC(=O)C1CCCN1.Cl. The number of carbonyl (C=O) groups is 1. The van der Waals surface area contributed by atoms with Crippen LogP contribution in [0.4, 0.5) is 0 Å². The Balaban J connectivity index is 0.00000144. The van der Waals surface area contributed by atoms with Gasteiger partial charge in [-0.05, 0) is 40.2 Å². The van der Waals surface area contributed by atoms with Gasteiger partial charge in [-0.1, -0.05) is 0 Å². The summed E-state index contributed by atoms with van der Waals surface area (Å²) in [5.41, 5.74) is -0.110. The lowest BCUT2D eigenvalue weighted by molar-refractivity contribution is -0.124. The van der Waals surface area contributed by atoms with Crippen molar-refractivity contribution in [2.45, 2.75) is 45.2 Å². The molecule has 1 atom stereocenters. The van der Waals surface area contributed by atoms with Gasteiger partial charge in [0.1, 0.15) is 0 Å². The van der Waals surface area contributed by atoms with Gasteiger partial charge in [-0.15, -0.1) is 12.4 Å². The average molecular weight is 207 g/mol. The van der Waals surface area contributed by atoms with Crippen LogP contribution in [0.25, 0.3) is 0 Å². The first kappa shape index (κ1) is 12.7. The Morgan fingerprint density at radius 2 is 2.08 bits per heavy atom. The van der Waals surface area contributed by atoms with Gasteiger partial charge in [0.25, 0.3) is 0 Å². The Hall–Kier alpha value is -0.280. The number of amides is 1. The van der Waals surface area contributed by atoms with E-state index in [2.05, 4.69) is 10.6 Å². The Morgan fingerprint density at radius 3 is 2.46 bits per heavy atom. The van der Waals surface area contributed by atoms with E-state index in [9.17, 15) is 4.79 Å². The zero-order valence-corrected chi connectivity index (χ0v) is 9.33. The fourth-order valence-electron chi connectivity index (χ4n) is 1.37. The standard InChI is InChI=1S/C9H18N2O.ClH/c1-9(2,3)11-8(12)7-5-4-6-10-7;/h7,10H,4-6H2,1-3H3,(H,11,12);1H. The second kappa shape index (κ2) is 4.82. The molecule has 1 amide bonds. The van der Waals surface area contributed by atoms with E-state index in [1.165, 1.54) is 0 Å². The predicted molar refractivity (Wildman–Crippen MR) is 56.2 cm³/mol. The highest BCUT2D eigenvalue weighted by molar-refractivity contribution is 5.85.